The zero-order valence-electron chi connectivity index (χ0n) is 13.5. The van der Waals surface area contributed by atoms with Gasteiger partial charge in [-0.2, -0.15) is 0 Å². The summed E-state index contributed by atoms with van der Waals surface area (Å²) >= 11 is 0. The van der Waals surface area contributed by atoms with Crippen LogP contribution >= 0.6 is 0 Å². The molecule has 1 heterocycles. The van der Waals surface area contributed by atoms with E-state index in [-0.39, 0.29) is 5.78 Å². The summed E-state index contributed by atoms with van der Waals surface area (Å²) in [6.07, 6.45) is 2.43. The average molecular weight is 311 g/mol. The molecule has 0 N–H and O–H groups in total. The van der Waals surface area contributed by atoms with Crippen molar-refractivity contribution in [3.63, 3.8) is 0 Å². The number of carbonyl (C=O) groups excluding carboxylic acids is 2. The Morgan fingerprint density at radius 2 is 1.70 bits per heavy atom. The van der Waals surface area contributed by atoms with Crippen LogP contribution in [-0.2, 0) is 9.53 Å². The third kappa shape index (κ3) is 3.21. The lowest BCUT2D eigenvalue weighted by molar-refractivity contribution is -0.129. The van der Waals surface area contributed by atoms with Crippen LogP contribution in [0.4, 0.5) is 0 Å². The molecule has 1 aliphatic carbocycles. The Hall–Kier alpha value is -2.36. The molecule has 0 amide bonds. The van der Waals surface area contributed by atoms with Crippen molar-refractivity contribution >= 4 is 11.8 Å². The molecule has 0 aliphatic heterocycles. The minimum Gasteiger partial charge on any atom is -0.451 e. The van der Waals surface area contributed by atoms with Crippen LogP contribution < -0.4 is 0 Å². The molecule has 1 atom stereocenters. The molecular formula is C19H21NO3. The SMILES string of the molecule is Cc1ccc(C)n1-c1ccc(C(=O)O[C@H]2CCCCC2=O)cc1. The Morgan fingerprint density at radius 3 is 2.30 bits per heavy atom. The van der Waals surface area contributed by atoms with Gasteiger partial charge in [-0.3, -0.25) is 4.79 Å². The molecule has 2 aromatic rings. The minimum atomic E-state index is -0.565. The fourth-order valence-electron chi connectivity index (χ4n) is 3.10. The lowest BCUT2D eigenvalue weighted by atomic mass is 9.96. The number of ketones is 1. The van der Waals surface area contributed by atoms with Gasteiger partial charge >= 0.3 is 5.97 Å². The molecule has 1 aromatic carbocycles. The van der Waals surface area contributed by atoms with Crippen LogP contribution in [0.15, 0.2) is 36.4 Å². The number of hydrogen-bond acceptors (Lipinski definition) is 3. The topological polar surface area (TPSA) is 48.3 Å². The third-order valence-electron chi connectivity index (χ3n) is 4.38. The molecular weight excluding hydrogens is 290 g/mol. The lowest BCUT2D eigenvalue weighted by Crippen LogP contribution is -2.30. The van der Waals surface area contributed by atoms with Crippen molar-refractivity contribution in [1.29, 1.82) is 0 Å². The van der Waals surface area contributed by atoms with E-state index in [4.69, 9.17) is 4.74 Å². The summed E-state index contributed by atoms with van der Waals surface area (Å²) < 4.78 is 7.50. The first kappa shape index (κ1) is 15.5. The molecule has 0 spiro atoms. The van der Waals surface area contributed by atoms with Crippen molar-refractivity contribution in [2.45, 2.75) is 45.6 Å². The first-order valence-electron chi connectivity index (χ1n) is 8.05. The summed E-state index contributed by atoms with van der Waals surface area (Å²) in [5.74, 6) is -0.377. The summed E-state index contributed by atoms with van der Waals surface area (Å²) in [5.41, 5.74) is 3.78. The molecule has 0 unspecified atom stereocenters. The van der Waals surface area contributed by atoms with Gasteiger partial charge in [0.25, 0.3) is 0 Å². The normalized spacial score (nSPS) is 18.0. The molecule has 120 valence electrons. The largest absolute Gasteiger partial charge is 0.451 e. The Labute approximate surface area is 136 Å². The predicted octanol–water partition coefficient (Wildman–Crippen LogP) is 3.76. The van der Waals surface area contributed by atoms with Gasteiger partial charge in [0.2, 0.25) is 0 Å². The van der Waals surface area contributed by atoms with Crippen molar-refractivity contribution in [2.75, 3.05) is 0 Å². The first-order chi connectivity index (χ1) is 11.1. The second kappa shape index (κ2) is 6.41. The van der Waals surface area contributed by atoms with Crippen molar-refractivity contribution in [1.82, 2.24) is 4.57 Å². The number of nitrogens with zero attached hydrogens (tertiary/aromatic N) is 1. The lowest BCUT2D eigenvalue weighted by Gasteiger charge is -2.20. The van der Waals surface area contributed by atoms with Crippen molar-refractivity contribution < 1.29 is 14.3 Å². The summed E-state index contributed by atoms with van der Waals surface area (Å²) in [6, 6.07) is 11.4. The van der Waals surface area contributed by atoms with Crippen LogP contribution in [0.1, 0.15) is 47.4 Å². The minimum absolute atomic E-state index is 0.0415. The standard InChI is InChI=1S/C19H21NO3/c1-13-7-8-14(2)20(13)16-11-9-15(10-12-16)19(22)23-18-6-4-3-5-17(18)21/h7-12,18H,3-6H2,1-2H3/t18-/m0/s1. The molecule has 3 rings (SSSR count). The zero-order valence-corrected chi connectivity index (χ0v) is 13.5. The predicted molar refractivity (Wildman–Crippen MR) is 87.9 cm³/mol. The number of Topliss-reactive ketones (excluding diaryl/α,β-unsaturated/α-hetero) is 1. The molecule has 4 heteroatoms. The molecule has 1 fully saturated rings. The van der Waals surface area contributed by atoms with E-state index in [0.717, 1.165) is 29.9 Å². The summed E-state index contributed by atoms with van der Waals surface area (Å²) in [4.78, 5) is 24.0. The van der Waals surface area contributed by atoms with E-state index in [1.165, 1.54) is 0 Å². The van der Waals surface area contributed by atoms with Crippen LogP contribution in [0.25, 0.3) is 5.69 Å². The van der Waals surface area contributed by atoms with E-state index < -0.39 is 12.1 Å². The zero-order chi connectivity index (χ0) is 16.4. The van der Waals surface area contributed by atoms with E-state index in [9.17, 15) is 9.59 Å². The molecule has 4 nitrogen and oxygen atoms in total. The summed E-state index contributed by atoms with van der Waals surface area (Å²) in [5, 5.41) is 0. The van der Waals surface area contributed by atoms with E-state index in [0.29, 0.717) is 18.4 Å². The van der Waals surface area contributed by atoms with Crippen LogP contribution in [0.3, 0.4) is 0 Å². The quantitative estimate of drug-likeness (QED) is 0.811. The number of hydrogen-bond donors (Lipinski definition) is 0. The molecule has 0 saturated heterocycles. The van der Waals surface area contributed by atoms with Gasteiger partial charge in [-0.1, -0.05) is 0 Å². The van der Waals surface area contributed by atoms with Gasteiger partial charge in [0, 0.05) is 23.5 Å². The Bertz CT molecular complexity index is 708. The van der Waals surface area contributed by atoms with Gasteiger partial charge < -0.3 is 9.30 Å². The highest BCUT2D eigenvalue weighted by molar-refractivity contribution is 5.93. The molecule has 1 aliphatic rings. The van der Waals surface area contributed by atoms with Gasteiger partial charge in [0.1, 0.15) is 0 Å². The van der Waals surface area contributed by atoms with Gasteiger partial charge in [-0.05, 0) is 69.5 Å². The first-order valence-corrected chi connectivity index (χ1v) is 8.05. The Kier molecular flexibility index (Phi) is 4.33. The Morgan fingerprint density at radius 1 is 1.04 bits per heavy atom. The van der Waals surface area contributed by atoms with Gasteiger partial charge in [0.05, 0.1) is 5.56 Å². The number of rotatable bonds is 3. The van der Waals surface area contributed by atoms with Crippen molar-refractivity contribution in [3.8, 4) is 5.69 Å². The number of ether oxygens (including phenoxy) is 1. The maximum atomic E-state index is 12.2. The van der Waals surface area contributed by atoms with Crippen LogP contribution in [0, 0.1) is 13.8 Å². The molecule has 23 heavy (non-hydrogen) atoms. The van der Waals surface area contributed by atoms with Crippen LogP contribution in [0.2, 0.25) is 0 Å². The highest BCUT2D eigenvalue weighted by Crippen LogP contribution is 2.20. The maximum Gasteiger partial charge on any atom is 0.338 e. The number of aromatic nitrogens is 1. The van der Waals surface area contributed by atoms with E-state index in [1.807, 2.05) is 26.0 Å². The van der Waals surface area contributed by atoms with Crippen molar-refractivity contribution in [3.05, 3.63) is 53.3 Å². The number of aryl methyl sites for hydroxylation is 2. The number of carbonyl (C=O) groups is 2. The number of esters is 1. The van der Waals surface area contributed by atoms with Crippen LogP contribution in [0.5, 0.6) is 0 Å². The van der Waals surface area contributed by atoms with Crippen LogP contribution in [-0.4, -0.2) is 22.4 Å². The van der Waals surface area contributed by atoms with E-state index >= 15 is 0 Å². The molecule has 0 bridgehead atoms. The third-order valence-corrected chi connectivity index (χ3v) is 4.38. The molecule has 1 saturated carbocycles. The van der Waals surface area contributed by atoms with Gasteiger partial charge in [0.15, 0.2) is 11.9 Å². The second-order valence-electron chi connectivity index (χ2n) is 6.10. The second-order valence-corrected chi connectivity index (χ2v) is 6.10. The van der Waals surface area contributed by atoms with E-state index in [2.05, 4.69) is 16.7 Å². The highest BCUT2D eigenvalue weighted by atomic mass is 16.5. The molecule has 0 radical (unpaired) electrons. The fourth-order valence-corrected chi connectivity index (χ4v) is 3.10. The Balaban J connectivity index is 1.74. The monoisotopic (exact) mass is 311 g/mol. The number of benzene rings is 1. The van der Waals surface area contributed by atoms with Gasteiger partial charge in [-0.15, -0.1) is 0 Å². The van der Waals surface area contributed by atoms with E-state index in [1.54, 1.807) is 12.1 Å². The average Bonchev–Trinajstić information content (AvgIpc) is 2.88. The summed E-state index contributed by atoms with van der Waals surface area (Å²) in [6.45, 7) is 4.09. The van der Waals surface area contributed by atoms with Gasteiger partial charge in [-0.25, -0.2) is 4.79 Å². The highest BCUT2D eigenvalue weighted by Gasteiger charge is 2.26. The molecule has 1 aromatic heterocycles. The summed E-state index contributed by atoms with van der Waals surface area (Å²) in [7, 11) is 0. The van der Waals surface area contributed by atoms with Crippen molar-refractivity contribution in [2.24, 2.45) is 0 Å². The maximum absolute atomic E-state index is 12.2. The smallest absolute Gasteiger partial charge is 0.338 e. The fraction of sp³-hybridized carbons (Fsp3) is 0.368.